The minimum absolute atomic E-state index is 0.0231. The SMILES string of the molecule is CC1(C)C=NC=CNC1=O. The van der Waals surface area contributed by atoms with Gasteiger partial charge in [-0.1, -0.05) is 0 Å². The van der Waals surface area contributed by atoms with Crippen LogP contribution in [0.1, 0.15) is 13.8 Å². The van der Waals surface area contributed by atoms with Gasteiger partial charge in [-0.3, -0.25) is 9.79 Å². The molecule has 1 N–H and O–H groups in total. The summed E-state index contributed by atoms with van der Waals surface area (Å²) < 4.78 is 0. The van der Waals surface area contributed by atoms with E-state index in [0.717, 1.165) is 0 Å². The molecule has 3 heteroatoms. The van der Waals surface area contributed by atoms with Crippen molar-refractivity contribution in [2.45, 2.75) is 13.8 Å². The molecule has 0 aromatic heterocycles. The normalized spacial score (nSPS) is 22.0. The van der Waals surface area contributed by atoms with Crippen molar-refractivity contribution in [2.75, 3.05) is 0 Å². The average molecular weight is 138 g/mol. The number of hydrogen-bond acceptors (Lipinski definition) is 2. The van der Waals surface area contributed by atoms with Crippen LogP contribution in [0.3, 0.4) is 0 Å². The zero-order chi connectivity index (χ0) is 7.61. The van der Waals surface area contributed by atoms with E-state index in [-0.39, 0.29) is 5.91 Å². The summed E-state index contributed by atoms with van der Waals surface area (Å²) in [6, 6.07) is 0. The predicted molar refractivity (Wildman–Crippen MR) is 39.6 cm³/mol. The average Bonchev–Trinajstić information content (AvgIpc) is 1.96. The smallest absolute Gasteiger partial charge is 0.235 e. The molecule has 0 spiro atoms. The molecule has 1 heterocycles. The van der Waals surface area contributed by atoms with Crippen LogP contribution in [0.4, 0.5) is 0 Å². The molecule has 1 aliphatic rings. The Morgan fingerprint density at radius 3 is 3.00 bits per heavy atom. The molecule has 0 aromatic carbocycles. The molecule has 0 saturated carbocycles. The fourth-order valence-electron chi connectivity index (χ4n) is 0.630. The van der Waals surface area contributed by atoms with Crippen molar-refractivity contribution in [3.05, 3.63) is 12.4 Å². The van der Waals surface area contributed by atoms with Gasteiger partial charge in [0.25, 0.3) is 0 Å². The molecule has 0 saturated heterocycles. The summed E-state index contributed by atoms with van der Waals surface area (Å²) >= 11 is 0. The van der Waals surface area contributed by atoms with Crippen LogP contribution in [0.25, 0.3) is 0 Å². The first-order chi connectivity index (χ1) is 4.63. The van der Waals surface area contributed by atoms with Crippen molar-refractivity contribution in [1.82, 2.24) is 5.32 Å². The molecule has 1 amide bonds. The second kappa shape index (κ2) is 2.25. The lowest BCUT2D eigenvalue weighted by Crippen LogP contribution is -2.33. The maximum absolute atomic E-state index is 11.1. The lowest BCUT2D eigenvalue weighted by Gasteiger charge is -2.14. The summed E-state index contributed by atoms with van der Waals surface area (Å²) in [6.07, 6.45) is 4.73. The molecule has 0 unspecified atom stereocenters. The maximum atomic E-state index is 11.1. The third kappa shape index (κ3) is 1.23. The molecule has 0 fully saturated rings. The minimum Gasteiger partial charge on any atom is -0.330 e. The molecule has 0 aliphatic carbocycles. The van der Waals surface area contributed by atoms with E-state index in [4.69, 9.17) is 0 Å². The van der Waals surface area contributed by atoms with Crippen molar-refractivity contribution in [3.8, 4) is 0 Å². The van der Waals surface area contributed by atoms with E-state index in [1.165, 1.54) is 6.20 Å². The summed E-state index contributed by atoms with van der Waals surface area (Å²) in [4.78, 5) is 15.0. The van der Waals surface area contributed by atoms with Crippen molar-refractivity contribution < 1.29 is 4.79 Å². The first-order valence-electron chi connectivity index (χ1n) is 3.13. The molecule has 0 bridgehead atoms. The zero-order valence-electron chi connectivity index (χ0n) is 6.09. The van der Waals surface area contributed by atoms with Crippen molar-refractivity contribution in [3.63, 3.8) is 0 Å². The van der Waals surface area contributed by atoms with Crippen LogP contribution in [-0.4, -0.2) is 12.1 Å². The van der Waals surface area contributed by atoms with E-state index in [9.17, 15) is 4.79 Å². The van der Waals surface area contributed by atoms with E-state index in [1.807, 2.05) is 13.8 Å². The van der Waals surface area contributed by atoms with Crippen molar-refractivity contribution in [2.24, 2.45) is 10.4 Å². The fraction of sp³-hybridized carbons (Fsp3) is 0.429. The van der Waals surface area contributed by atoms with Crippen molar-refractivity contribution >= 4 is 12.1 Å². The van der Waals surface area contributed by atoms with Gasteiger partial charge in [-0.05, 0) is 13.8 Å². The van der Waals surface area contributed by atoms with Gasteiger partial charge < -0.3 is 5.32 Å². The quantitative estimate of drug-likeness (QED) is 0.525. The molecular formula is C7H10N2O. The number of nitrogens with zero attached hydrogens (tertiary/aromatic N) is 1. The second-order valence-electron chi connectivity index (χ2n) is 2.79. The first-order valence-corrected chi connectivity index (χ1v) is 3.13. The highest BCUT2D eigenvalue weighted by Gasteiger charge is 2.24. The number of carbonyl (C=O) groups excluding carboxylic acids is 1. The Kier molecular flexibility index (Phi) is 1.57. The van der Waals surface area contributed by atoms with Crippen LogP contribution in [0.15, 0.2) is 17.4 Å². The van der Waals surface area contributed by atoms with Gasteiger partial charge in [-0.2, -0.15) is 0 Å². The Hall–Kier alpha value is -1.12. The zero-order valence-corrected chi connectivity index (χ0v) is 6.09. The van der Waals surface area contributed by atoms with Gasteiger partial charge in [0.15, 0.2) is 0 Å². The fourth-order valence-corrected chi connectivity index (χ4v) is 0.630. The summed E-state index contributed by atoms with van der Waals surface area (Å²) in [7, 11) is 0. The third-order valence-electron chi connectivity index (χ3n) is 1.36. The molecular weight excluding hydrogens is 128 g/mol. The minimum atomic E-state index is -0.483. The first kappa shape index (κ1) is 6.99. The molecule has 3 nitrogen and oxygen atoms in total. The summed E-state index contributed by atoms with van der Waals surface area (Å²) in [5, 5.41) is 2.59. The van der Waals surface area contributed by atoms with Gasteiger partial charge in [-0.25, -0.2) is 0 Å². The number of nitrogens with one attached hydrogen (secondary N) is 1. The predicted octanol–water partition coefficient (Wildman–Crippen LogP) is 0.684. The van der Waals surface area contributed by atoms with E-state index in [2.05, 4.69) is 10.3 Å². The van der Waals surface area contributed by atoms with Crippen molar-refractivity contribution in [1.29, 1.82) is 0 Å². The Labute approximate surface area is 59.8 Å². The molecule has 0 atom stereocenters. The summed E-state index contributed by atoms with van der Waals surface area (Å²) in [5.74, 6) is -0.0231. The van der Waals surface area contributed by atoms with Gasteiger partial charge >= 0.3 is 0 Å². The van der Waals surface area contributed by atoms with E-state index >= 15 is 0 Å². The van der Waals surface area contributed by atoms with Gasteiger partial charge in [0, 0.05) is 18.6 Å². The largest absolute Gasteiger partial charge is 0.330 e. The van der Waals surface area contributed by atoms with Crippen LogP contribution in [0.2, 0.25) is 0 Å². The van der Waals surface area contributed by atoms with Gasteiger partial charge in [0.05, 0.1) is 5.41 Å². The number of hydrogen-bond donors (Lipinski definition) is 1. The summed E-state index contributed by atoms with van der Waals surface area (Å²) in [6.45, 7) is 3.64. The lowest BCUT2D eigenvalue weighted by atomic mass is 9.94. The number of rotatable bonds is 0. The lowest BCUT2D eigenvalue weighted by molar-refractivity contribution is -0.125. The van der Waals surface area contributed by atoms with E-state index < -0.39 is 5.41 Å². The van der Waals surface area contributed by atoms with Gasteiger partial charge in [0.1, 0.15) is 0 Å². The molecule has 0 aromatic rings. The highest BCUT2D eigenvalue weighted by atomic mass is 16.2. The maximum Gasteiger partial charge on any atom is 0.235 e. The highest BCUT2D eigenvalue weighted by Crippen LogP contribution is 2.12. The Morgan fingerprint density at radius 2 is 2.30 bits per heavy atom. The highest BCUT2D eigenvalue weighted by molar-refractivity contribution is 5.98. The molecule has 0 radical (unpaired) electrons. The van der Waals surface area contributed by atoms with Crippen LogP contribution in [0, 0.1) is 5.41 Å². The number of aliphatic imine (C=N–C) groups is 1. The Morgan fingerprint density at radius 1 is 1.60 bits per heavy atom. The molecule has 10 heavy (non-hydrogen) atoms. The van der Waals surface area contributed by atoms with Crippen LogP contribution in [0.5, 0.6) is 0 Å². The molecule has 54 valence electrons. The summed E-state index contributed by atoms with van der Waals surface area (Å²) in [5.41, 5.74) is -0.483. The van der Waals surface area contributed by atoms with Crippen LogP contribution in [-0.2, 0) is 4.79 Å². The van der Waals surface area contributed by atoms with Gasteiger partial charge in [-0.15, -0.1) is 0 Å². The second-order valence-corrected chi connectivity index (χ2v) is 2.79. The monoisotopic (exact) mass is 138 g/mol. The van der Waals surface area contributed by atoms with Gasteiger partial charge in [0.2, 0.25) is 5.91 Å². The number of carbonyl (C=O) groups is 1. The number of amides is 1. The van der Waals surface area contributed by atoms with E-state index in [1.54, 1.807) is 12.4 Å². The van der Waals surface area contributed by atoms with Crippen LogP contribution >= 0.6 is 0 Å². The molecule has 1 rings (SSSR count). The molecule has 1 aliphatic heterocycles. The Balaban J connectivity index is 2.87. The standard InChI is InChI=1S/C7H10N2O/c1-7(2)5-8-3-4-9-6(7)10/h3-5H,1-2H3,(H,9,10). The Bertz CT molecular complexity index is 204. The topological polar surface area (TPSA) is 41.5 Å². The third-order valence-corrected chi connectivity index (χ3v) is 1.36. The van der Waals surface area contributed by atoms with Crippen LogP contribution < -0.4 is 5.32 Å². The van der Waals surface area contributed by atoms with E-state index in [0.29, 0.717) is 0 Å².